The minimum Gasteiger partial charge on any atom is -0.0654 e. The summed E-state index contributed by atoms with van der Waals surface area (Å²) in [5.74, 6) is 0. The first-order valence-corrected chi connectivity index (χ1v) is 10.2. The highest BCUT2D eigenvalue weighted by Gasteiger charge is 1.94. The van der Waals surface area contributed by atoms with Crippen molar-refractivity contribution in [1.29, 1.82) is 0 Å². The second-order valence-corrected chi connectivity index (χ2v) is 6.82. The molecule has 1 radical (unpaired) electrons. The lowest BCUT2D eigenvalue weighted by Crippen LogP contribution is -1.84. The van der Waals surface area contributed by atoms with Crippen LogP contribution < -0.4 is 0 Å². The summed E-state index contributed by atoms with van der Waals surface area (Å²) in [5, 5.41) is 0. The second-order valence-electron chi connectivity index (χ2n) is 6.82. The van der Waals surface area contributed by atoms with Gasteiger partial charge < -0.3 is 0 Å². The molecule has 127 valence electrons. The summed E-state index contributed by atoms with van der Waals surface area (Å²) >= 11 is 0. The fourth-order valence-corrected chi connectivity index (χ4v) is 3.01. The predicted molar refractivity (Wildman–Crippen MR) is 98.8 cm³/mol. The molecule has 0 heteroatoms. The summed E-state index contributed by atoms with van der Waals surface area (Å²) in [5.41, 5.74) is 0. The molecule has 0 aromatic rings. The van der Waals surface area contributed by atoms with Crippen molar-refractivity contribution in [2.24, 2.45) is 0 Å². The van der Waals surface area contributed by atoms with Crippen LogP contribution in [0.4, 0.5) is 0 Å². The molecule has 0 amide bonds. The molecule has 0 bridgehead atoms. The van der Waals surface area contributed by atoms with E-state index in [0.29, 0.717) is 0 Å². The van der Waals surface area contributed by atoms with Crippen LogP contribution in [-0.4, -0.2) is 0 Å². The van der Waals surface area contributed by atoms with E-state index in [1.165, 1.54) is 116 Å². The van der Waals surface area contributed by atoms with Crippen LogP contribution in [0.1, 0.15) is 129 Å². The SMILES string of the molecule is CCC[CH]CCCCCCCCCCCCCCCCC. The van der Waals surface area contributed by atoms with Crippen LogP contribution in [0.2, 0.25) is 0 Å². The third-order valence-electron chi connectivity index (χ3n) is 4.50. The fraction of sp³-hybridized carbons (Fsp3) is 0.952. The second kappa shape index (κ2) is 20.0. The molecule has 0 nitrogen and oxygen atoms in total. The van der Waals surface area contributed by atoms with E-state index < -0.39 is 0 Å². The Hall–Kier alpha value is 0. The molecule has 0 saturated heterocycles. The summed E-state index contributed by atoms with van der Waals surface area (Å²) in [6.07, 6.45) is 28.4. The van der Waals surface area contributed by atoms with E-state index in [2.05, 4.69) is 20.3 Å². The van der Waals surface area contributed by atoms with Gasteiger partial charge in [-0.3, -0.25) is 0 Å². The Labute approximate surface area is 136 Å². The van der Waals surface area contributed by atoms with Gasteiger partial charge in [-0.2, -0.15) is 0 Å². The average Bonchev–Trinajstić information content (AvgIpc) is 2.50. The molecule has 0 rings (SSSR count). The maximum absolute atomic E-state index is 2.47. The van der Waals surface area contributed by atoms with Crippen molar-refractivity contribution in [2.75, 3.05) is 0 Å². The number of hydrogen-bond acceptors (Lipinski definition) is 0. The Morgan fingerprint density at radius 1 is 0.381 bits per heavy atom. The Balaban J connectivity index is 2.90. The molecule has 0 spiro atoms. The van der Waals surface area contributed by atoms with Crippen LogP contribution in [0.15, 0.2) is 0 Å². The van der Waals surface area contributed by atoms with E-state index in [-0.39, 0.29) is 0 Å². The largest absolute Gasteiger partial charge is 0.0654 e. The van der Waals surface area contributed by atoms with Crippen molar-refractivity contribution in [2.45, 2.75) is 129 Å². The van der Waals surface area contributed by atoms with E-state index in [4.69, 9.17) is 0 Å². The van der Waals surface area contributed by atoms with Gasteiger partial charge >= 0.3 is 0 Å². The first-order chi connectivity index (χ1) is 10.4. The molecule has 0 fully saturated rings. The average molecular weight is 296 g/mol. The predicted octanol–water partition coefficient (Wildman–Crippen LogP) is 8.25. The van der Waals surface area contributed by atoms with Crippen LogP contribution in [0.25, 0.3) is 0 Å². The topological polar surface area (TPSA) is 0 Å². The Morgan fingerprint density at radius 2 is 0.762 bits per heavy atom. The van der Waals surface area contributed by atoms with E-state index >= 15 is 0 Å². The fourth-order valence-electron chi connectivity index (χ4n) is 3.01. The van der Waals surface area contributed by atoms with Crippen molar-refractivity contribution in [3.8, 4) is 0 Å². The Morgan fingerprint density at radius 3 is 1.14 bits per heavy atom. The molecule has 0 aromatic heterocycles. The molecule has 0 N–H and O–H groups in total. The van der Waals surface area contributed by atoms with E-state index in [9.17, 15) is 0 Å². The van der Waals surface area contributed by atoms with Gasteiger partial charge in [0.2, 0.25) is 0 Å². The van der Waals surface area contributed by atoms with Crippen LogP contribution in [0.5, 0.6) is 0 Å². The molecular formula is C21H43. The van der Waals surface area contributed by atoms with Crippen molar-refractivity contribution in [3.63, 3.8) is 0 Å². The lowest BCUT2D eigenvalue weighted by atomic mass is 10.0. The van der Waals surface area contributed by atoms with Crippen molar-refractivity contribution >= 4 is 0 Å². The van der Waals surface area contributed by atoms with Crippen molar-refractivity contribution in [3.05, 3.63) is 6.42 Å². The maximum Gasteiger partial charge on any atom is -0.0386 e. The molecule has 0 atom stereocenters. The van der Waals surface area contributed by atoms with Gasteiger partial charge in [0.1, 0.15) is 0 Å². The summed E-state index contributed by atoms with van der Waals surface area (Å²) in [7, 11) is 0. The minimum atomic E-state index is 1.32. The van der Waals surface area contributed by atoms with Crippen molar-refractivity contribution in [1.82, 2.24) is 0 Å². The lowest BCUT2D eigenvalue weighted by Gasteiger charge is -2.03. The molecule has 0 heterocycles. The van der Waals surface area contributed by atoms with E-state index in [1.54, 1.807) is 0 Å². The van der Waals surface area contributed by atoms with Crippen LogP contribution in [0.3, 0.4) is 0 Å². The Kier molecular flexibility index (Phi) is 20.0. The van der Waals surface area contributed by atoms with Gasteiger partial charge in [-0.15, -0.1) is 0 Å². The quantitative estimate of drug-likeness (QED) is 0.223. The normalized spacial score (nSPS) is 11.1. The van der Waals surface area contributed by atoms with E-state index in [1.807, 2.05) is 0 Å². The zero-order chi connectivity index (χ0) is 15.4. The monoisotopic (exact) mass is 295 g/mol. The van der Waals surface area contributed by atoms with E-state index in [0.717, 1.165) is 0 Å². The number of rotatable bonds is 18. The number of hydrogen-bond donors (Lipinski definition) is 0. The molecule has 0 aromatic carbocycles. The summed E-state index contributed by atoms with van der Waals surface area (Å²) < 4.78 is 0. The highest BCUT2D eigenvalue weighted by molar-refractivity contribution is 4.63. The summed E-state index contributed by atoms with van der Waals surface area (Å²) in [4.78, 5) is 0. The van der Waals surface area contributed by atoms with Gasteiger partial charge in [-0.05, 0) is 6.42 Å². The molecule has 0 unspecified atom stereocenters. The van der Waals surface area contributed by atoms with Crippen molar-refractivity contribution < 1.29 is 0 Å². The molecule has 0 aliphatic heterocycles. The zero-order valence-electron chi connectivity index (χ0n) is 15.3. The molecule has 21 heavy (non-hydrogen) atoms. The van der Waals surface area contributed by atoms with Gasteiger partial charge in [0.25, 0.3) is 0 Å². The third-order valence-corrected chi connectivity index (χ3v) is 4.50. The first kappa shape index (κ1) is 21.0. The molecule has 0 aliphatic carbocycles. The van der Waals surface area contributed by atoms with Crippen LogP contribution >= 0.6 is 0 Å². The highest BCUT2D eigenvalue weighted by atomic mass is 14.0. The molecular weight excluding hydrogens is 252 g/mol. The lowest BCUT2D eigenvalue weighted by molar-refractivity contribution is 0.531. The summed E-state index contributed by atoms with van der Waals surface area (Å²) in [6, 6.07) is 0. The van der Waals surface area contributed by atoms with Crippen LogP contribution in [0, 0.1) is 6.42 Å². The van der Waals surface area contributed by atoms with Gasteiger partial charge in [0.15, 0.2) is 0 Å². The maximum atomic E-state index is 2.47. The summed E-state index contributed by atoms with van der Waals surface area (Å²) in [6.45, 7) is 4.56. The van der Waals surface area contributed by atoms with Gasteiger partial charge in [-0.25, -0.2) is 0 Å². The van der Waals surface area contributed by atoms with Gasteiger partial charge in [0, 0.05) is 0 Å². The standard InChI is InChI=1S/C21H43/c1-3-5-7-9-11-13-15-17-19-21-20-18-16-14-12-10-8-6-4-2/h7H,3-6,8-21H2,1-2H3. The van der Waals surface area contributed by atoms with Crippen LogP contribution in [-0.2, 0) is 0 Å². The Bertz CT molecular complexity index is 143. The molecule has 0 aliphatic rings. The molecule has 0 saturated carbocycles. The zero-order valence-corrected chi connectivity index (χ0v) is 15.3. The first-order valence-electron chi connectivity index (χ1n) is 10.2. The van der Waals surface area contributed by atoms with Gasteiger partial charge in [-0.1, -0.05) is 129 Å². The minimum absolute atomic E-state index is 1.32. The highest BCUT2D eigenvalue weighted by Crippen LogP contribution is 2.14. The van der Waals surface area contributed by atoms with Gasteiger partial charge in [0.05, 0.1) is 0 Å². The number of unbranched alkanes of at least 4 members (excludes halogenated alkanes) is 18. The third kappa shape index (κ3) is 20.0. The smallest absolute Gasteiger partial charge is 0.0386 e.